The molecule has 1 heterocycles. The third-order valence-electron chi connectivity index (χ3n) is 12.4. The maximum Gasteiger partial charge on any atom is 0.457 e. The Bertz CT molecular complexity index is 1010. The molecule has 0 N–H and O–H groups in total. The number of hydrogen-bond acceptors (Lipinski definition) is 3. The summed E-state index contributed by atoms with van der Waals surface area (Å²) in [6.07, 6.45) is 21.2. The van der Waals surface area contributed by atoms with Crippen LogP contribution >= 0.6 is 0 Å². The van der Waals surface area contributed by atoms with Crippen molar-refractivity contribution in [2.24, 2.45) is 23.2 Å². The third-order valence-corrected chi connectivity index (χ3v) is 16.9. The lowest BCUT2D eigenvalue weighted by Crippen LogP contribution is -2.44. The largest absolute Gasteiger partial charge is 0.457 e. The highest BCUT2D eigenvalue weighted by Gasteiger charge is 2.51. The summed E-state index contributed by atoms with van der Waals surface area (Å²) in [4.78, 5) is 0. The van der Waals surface area contributed by atoms with Gasteiger partial charge in [-0.1, -0.05) is 84.3 Å². The Labute approximate surface area is 262 Å². The van der Waals surface area contributed by atoms with E-state index in [1.165, 1.54) is 62.5 Å². The summed E-state index contributed by atoms with van der Waals surface area (Å²) in [5, 5.41) is 0.251. The lowest BCUT2D eigenvalue weighted by atomic mass is 9.60. The Hall–Kier alpha value is -0.618. The molecule has 0 amide bonds. The molecule has 4 fully saturated rings. The zero-order chi connectivity index (χ0) is 30.9. The Balaban J connectivity index is 1.39. The quantitative estimate of drug-likeness (QED) is 0.235. The van der Waals surface area contributed by atoms with E-state index in [-0.39, 0.29) is 23.9 Å². The second-order valence-electron chi connectivity index (χ2n) is 16.8. The highest BCUT2D eigenvalue weighted by atomic mass is 28.4. The van der Waals surface area contributed by atoms with Gasteiger partial charge in [-0.05, 0) is 131 Å². The molecule has 0 radical (unpaired) electrons. The lowest BCUT2D eigenvalue weighted by Gasteiger charge is -2.44. The van der Waals surface area contributed by atoms with Crippen molar-refractivity contribution in [3.8, 4) is 0 Å². The molecule has 238 valence electrons. The van der Waals surface area contributed by atoms with Gasteiger partial charge in [-0.25, -0.2) is 0 Å². The van der Waals surface area contributed by atoms with Crippen molar-refractivity contribution >= 4 is 15.4 Å². The van der Waals surface area contributed by atoms with Gasteiger partial charge < -0.3 is 13.7 Å². The topological polar surface area (TPSA) is 27.7 Å². The Morgan fingerprint density at radius 3 is 2.55 bits per heavy atom. The second-order valence-corrected chi connectivity index (χ2v) is 21.6. The molecular weight excluding hydrogens is 531 g/mol. The Morgan fingerprint density at radius 2 is 1.86 bits per heavy atom. The number of rotatable bonds is 10. The van der Waals surface area contributed by atoms with Crippen LogP contribution in [0.5, 0.6) is 0 Å². The van der Waals surface area contributed by atoms with Crippen LogP contribution in [0.1, 0.15) is 132 Å². The van der Waals surface area contributed by atoms with E-state index in [9.17, 15) is 0 Å². The van der Waals surface area contributed by atoms with E-state index >= 15 is 0 Å². The molecule has 1 aliphatic heterocycles. The first-order valence-electron chi connectivity index (χ1n) is 17.7. The van der Waals surface area contributed by atoms with Gasteiger partial charge in [0.25, 0.3) is 0 Å². The van der Waals surface area contributed by atoms with Crippen LogP contribution in [0.4, 0.5) is 0 Å². The molecule has 0 aromatic heterocycles. The predicted octanol–water partition coefficient (Wildman–Crippen LogP) is 11.1. The van der Waals surface area contributed by atoms with Gasteiger partial charge in [-0.2, -0.15) is 0 Å². The number of unbranched alkanes of at least 4 members (excludes halogenated alkanes) is 1. The van der Waals surface area contributed by atoms with Gasteiger partial charge in [0.15, 0.2) is 8.32 Å². The van der Waals surface area contributed by atoms with Crippen molar-refractivity contribution < 1.29 is 13.7 Å². The first kappa shape index (κ1) is 34.3. The van der Waals surface area contributed by atoms with Crippen LogP contribution in [0.2, 0.25) is 24.5 Å². The standard InChI is InChI=1S/C37H65BO3Si/c1-12-13-25-38-39-34(36(7,8)41-38)23-17-28(3)32-21-22-33-29(15-14-24-37(32,33)9)18-19-30-26-31(20-16-27(30)2)40-42(10,11)35(4,5)6/h18-19,28,31-34H,2,12-17,20-26H2,1,3-11H3/b29-18+,30-19-/t28?,31-,32+,33?,34+,37+/m0/s1. The van der Waals surface area contributed by atoms with Crippen LogP contribution < -0.4 is 0 Å². The molecule has 5 heteroatoms. The van der Waals surface area contributed by atoms with Crippen molar-refractivity contribution in [1.82, 2.24) is 0 Å². The molecule has 0 aromatic carbocycles. The predicted molar refractivity (Wildman–Crippen MR) is 183 cm³/mol. The summed E-state index contributed by atoms with van der Waals surface area (Å²) < 4.78 is 19.6. The molecule has 0 aromatic rings. The van der Waals surface area contributed by atoms with Crippen molar-refractivity contribution in [1.29, 1.82) is 0 Å². The molecule has 4 rings (SSSR count). The van der Waals surface area contributed by atoms with Gasteiger partial charge in [0.2, 0.25) is 0 Å². The highest BCUT2D eigenvalue weighted by molar-refractivity contribution is 6.74. The number of fused-ring (bicyclic) bond motifs is 1. The lowest BCUT2D eigenvalue weighted by molar-refractivity contribution is 0.0510. The summed E-state index contributed by atoms with van der Waals surface area (Å²) in [5.41, 5.74) is 4.72. The number of hydrogen-bond donors (Lipinski definition) is 0. The number of allylic oxidation sites excluding steroid dienone is 4. The molecule has 42 heavy (non-hydrogen) atoms. The molecule has 3 saturated carbocycles. The SMILES string of the molecule is C=C1CC[C@H](O[Si](C)(C)C(C)(C)C)C/C1=C/C=C1\CCC[C@@]2(C)C1CC[C@@H]2C(C)CC[C@H]1OB(CCCC)OC1(C)C. The minimum absolute atomic E-state index is 0.0112. The molecule has 3 nitrogen and oxygen atoms in total. The van der Waals surface area contributed by atoms with Crippen LogP contribution in [-0.2, 0) is 13.7 Å². The summed E-state index contributed by atoms with van der Waals surface area (Å²) in [6, 6.07) is 0. The van der Waals surface area contributed by atoms with E-state index in [0.717, 1.165) is 49.8 Å². The second kappa shape index (κ2) is 13.4. The summed E-state index contributed by atoms with van der Waals surface area (Å²) in [6.45, 7) is 28.2. The van der Waals surface area contributed by atoms with Crippen molar-refractivity contribution in [3.63, 3.8) is 0 Å². The Morgan fingerprint density at radius 1 is 1.12 bits per heavy atom. The molecule has 0 spiro atoms. The monoisotopic (exact) mass is 596 g/mol. The summed E-state index contributed by atoms with van der Waals surface area (Å²) in [5.74, 6) is 2.25. The van der Waals surface area contributed by atoms with Crippen LogP contribution in [0.25, 0.3) is 0 Å². The molecule has 2 unspecified atom stereocenters. The van der Waals surface area contributed by atoms with Gasteiger partial charge >= 0.3 is 7.12 Å². The van der Waals surface area contributed by atoms with Gasteiger partial charge in [0, 0.05) is 6.10 Å². The van der Waals surface area contributed by atoms with Gasteiger partial charge in [0.05, 0.1) is 11.7 Å². The van der Waals surface area contributed by atoms with Gasteiger partial charge in [-0.3, -0.25) is 0 Å². The summed E-state index contributed by atoms with van der Waals surface area (Å²) >= 11 is 0. The van der Waals surface area contributed by atoms with E-state index in [0.29, 0.717) is 11.5 Å². The molecule has 6 atom stereocenters. The van der Waals surface area contributed by atoms with Gasteiger partial charge in [0.1, 0.15) is 0 Å². The zero-order valence-corrected chi connectivity index (χ0v) is 30.2. The minimum atomic E-state index is -1.77. The van der Waals surface area contributed by atoms with Gasteiger partial charge in [-0.15, -0.1) is 0 Å². The molecule has 0 bridgehead atoms. The van der Waals surface area contributed by atoms with E-state index in [2.05, 4.69) is 87.2 Å². The van der Waals surface area contributed by atoms with E-state index in [1.807, 2.05) is 0 Å². The average molecular weight is 597 g/mol. The van der Waals surface area contributed by atoms with Crippen LogP contribution in [0.15, 0.2) is 35.5 Å². The van der Waals surface area contributed by atoms with E-state index < -0.39 is 8.32 Å². The first-order chi connectivity index (χ1) is 19.6. The highest BCUT2D eigenvalue weighted by Crippen LogP contribution is 2.60. The van der Waals surface area contributed by atoms with E-state index in [4.69, 9.17) is 13.7 Å². The fourth-order valence-electron chi connectivity index (χ4n) is 8.61. The maximum absolute atomic E-state index is 6.85. The smallest absolute Gasteiger partial charge is 0.414 e. The van der Waals surface area contributed by atoms with Crippen LogP contribution in [0, 0.1) is 23.2 Å². The summed E-state index contributed by atoms with van der Waals surface area (Å²) in [7, 11) is -1.78. The van der Waals surface area contributed by atoms with Crippen molar-refractivity contribution in [3.05, 3.63) is 35.5 Å². The van der Waals surface area contributed by atoms with Crippen LogP contribution in [-0.4, -0.2) is 33.2 Å². The maximum atomic E-state index is 6.85. The van der Waals surface area contributed by atoms with Crippen molar-refractivity contribution in [2.75, 3.05) is 0 Å². The first-order valence-corrected chi connectivity index (χ1v) is 20.6. The van der Waals surface area contributed by atoms with E-state index in [1.54, 1.807) is 5.57 Å². The fourth-order valence-corrected chi connectivity index (χ4v) is 10.00. The minimum Gasteiger partial charge on any atom is -0.414 e. The average Bonchev–Trinajstić information content (AvgIpc) is 3.40. The molecular formula is C37H65BO3Si. The Kier molecular flexibility index (Phi) is 10.9. The zero-order valence-electron chi connectivity index (χ0n) is 29.2. The van der Waals surface area contributed by atoms with Crippen LogP contribution in [0.3, 0.4) is 0 Å². The van der Waals surface area contributed by atoms with Crippen molar-refractivity contribution in [2.45, 2.75) is 175 Å². The third kappa shape index (κ3) is 7.60. The molecule has 4 aliphatic rings. The fraction of sp³-hybridized carbons (Fsp3) is 0.838. The molecule has 1 saturated heterocycles. The molecule has 3 aliphatic carbocycles. The normalized spacial score (nSPS) is 34.8.